The predicted molar refractivity (Wildman–Crippen MR) is 97.2 cm³/mol. The molecule has 1 aliphatic heterocycles. The van der Waals surface area contributed by atoms with Crippen molar-refractivity contribution in [3.8, 4) is 0 Å². The van der Waals surface area contributed by atoms with E-state index >= 15 is 0 Å². The topological polar surface area (TPSA) is 56.1 Å². The Hall–Kier alpha value is -1.79. The zero-order valence-corrected chi connectivity index (χ0v) is 15.7. The third-order valence-electron chi connectivity index (χ3n) is 5.13. The van der Waals surface area contributed by atoms with Crippen LogP contribution in [-0.4, -0.2) is 50.4 Å². The Morgan fingerprint density at radius 1 is 1.28 bits per heavy atom. The molecule has 0 radical (unpaired) electrons. The number of rotatable bonds is 6. The molecular formula is C19H29N5O. The smallest absolute Gasteiger partial charge is 0.137 e. The third kappa shape index (κ3) is 4.25. The van der Waals surface area contributed by atoms with E-state index in [0.717, 1.165) is 32.4 Å². The Kier molecular flexibility index (Phi) is 5.20. The summed E-state index contributed by atoms with van der Waals surface area (Å²) in [4.78, 5) is 10.8. The highest BCUT2D eigenvalue weighted by atomic mass is 16.5. The van der Waals surface area contributed by atoms with Crippen molar-refractivity contribution in [1.29, 1.82) is 0 Å². The van der Waals surface area contributed by atoms with Crippen LogP contribution in [0, 0.1) is 0 Å². The van der Waals surface area contributed by atoms with Crippen molar-refractivity contribution in [2.24, 2.45) is 0 Å². The fourth-order valence-corrected chi connectivity index (χ4v) is 3.88. The molecule has 136 valence electrons. The van der Waals surface area contributed by atoms with E-state index in [0.29, 0.717) is 0 Å². The fraction of sp³-hybridized carbons (Fsp3) is 0.632. The first kappa shape index (κ1) is 18.0. The molecule has 0 N–H and O–H groups in total. The number of hydrogen-bond donors (Lipinski definition) is 0. The number of aromatic nitrogens is 4. The quantitative estimate of drug-likeness (QED) is 0.807. The minimum Gasteiger partial charge on any atom is -0.364 e. The molecule has 3 rings (SSSR count). The normalized spacial score (nSPS) is 19.7. The van der Waals surface area contributed by atoms with Crippen molar-refractivity contribution in [3.05, 3.63) is 42.7 Å². The highest BCUT2D eigenvalue weighted by Crippen LogP contribution is 2.41. The summed E-state index contributed by atoms with van der Waals surface area (Å²) in [6.07, 6.45) is 9.97. The van der Waals surface area contributed by atoms with E-state index < -0.39 is 0 Å². The second kappa shape index (κ2) is 7.22. The fourth-order valence-electron chi connectivity index (χ4n) is 3.88. The lowest BCUT2D eigenvalue weighted by Gasteiger charge is -2.46. The molecule has 1 atom stereocenters. The molecule has 6 heteroatoms. The minimum atomic E-state index is -0.281. The van der Waals surface area contributed by atoms with Crippen molar-refractivity contribution in [2.75, 3.05) is 20.1 Å². The summed E-state index contributed by atoms with van der Waals surface area (Å²) in [5.41, 5.74) is 0.633. The molecule has 0 amide bonds. The van der Waals surface area contributed by atoms with Gasteiger partial charge in [0, 0.05) is 31.0 Å². The van der Waals surface area contributed by atoms with Gasteiger partial charge in [0.05, 0.1) is 17.2 Å². The van der Waals surface area contributed by atoms with E-state index in [-0.39, 0.29) is 17.2 Å². The second-order valence-corrected chi connectivity index (χ2v) is 7.83. The highest BCUT2D eigenvalue weighted by Gasteiger charge is 2.41. The van der Waals surface area contributed by atoms with Crippen molar-refractivity contribution >= 4 is 0 Å². The Morgan fingerprint density at radius 2 is 2.04 bits per heavy atom. The molecule has 2 aromatic heterocycles. The summed E-state index contributed by atoms with van der Waals surface area (Å²) in [5, 5.41) is 4.27. The van der Waals surface area contributed by atoms with Crippen molar-refractivity contribution < 1.29 is 4.74 Å². The largest absolute Gasteiger partial charge is 0.364 e. The van der Waals surface area contributed by atoms with E-state index in [4.69, 9.17) is 4.74 Å². The molecule has 2 aromatic rings. The van der Waals surface area contributed by atoms with E-state index in [2.05, 4.69) is 53.9 Å². The van der Waals surface area contributed by atoms with Crippen LogP contribution in [0.4, 0.5) is 0 Å². The van der Waals surface area contributed by atoms with Crippen LogP contribution in [0.5, 0.6) is 0 Å². The second-order valence-electron chi connectivity index (χ2n) is 7.83. The van der Waals surface area contributed by atoms with Crippen molar-refractivity contribution in [3.63, 3.8) is 0 Å². The van der Waals surface area contributed by atoms with Gasteiger partial charge in [0.15, 0.2) is 0 Å². The van der Waals surface area contributed by atoms with Crippen LogP contribution in [0.3, 0.4) is 0 Å². The summed E-state index contributed by atoms with van der Waals surface area (Å²) < 4.78 is 8.74. The lowest BCUT2D eigenvalue weighted by Crippen LogP contribution is -2.47. The molecule has 0 bridgehead atoms. The zero-order chi connectivity index (χ0) is 17.9. The molecule has 0 aliphatic carbocycles. The monoisotopic (exact) mass is 343 g/mol. The van der Waals surface area contributed by atoms with Gasteiger partial charge in [-0.25, -0.2) is 4.98 Å². The molecule has 3 heterocycles. The maximum Gasteiger partial charge on any atom is 0.137 e. The van der Waals surface area contributed by atoms with Gasteiger partial charge in [0.25, 0.3) is 0 Å². The summed E-state index contributed by atoms with van der Waals surface area (Å²) in [6, 6.07) is 4.38. The van der Waals surface area contributed by atoms with Crippen LogP contribution in [-0.2, 0) is 10.3 Å². The lowest BCUT2D eigenvalue weighted by molar-refractivity contribution is -0.174. The first-order chi connectivity index (χ1) is 11.9. The van der Waals surface area contributed by atoms with Crippen LogP contribution in [0.15, 0.2) is 37.2 Å². The van der Waals surface area contributed by atoms with Gasteiger partial charge in [-0.1, -0.05) is 6.07 Å². The van der Waals surface area contributed by atoms with Gasteiger partial charge in [-0.15, -0.1) is 0 Å². The average molecular weight is 343 g/mol. The van der Waals surface area contributed by atoms with Crippen molar-refractivity contribution in [2.45, 2.75) is 57.3 Å². The summed E-state index contributed by atoms with van der Waals surface area (Å²) in [6.45, 7) is 8.58. The average Bonchev–Trinajstić information content (AvgIpc) is 3.12. The third-order valence-corrected chi connectivity index (χ3v) is 5.13. The van der Waals surface area contributed by atoms with Gasteiger partial charge in [-0.3, -0.25) is 9.67 Å². The van der Waals surface area contributed by atoms with E-state index in [1.165, 1.54) is 5.56 Å². The highest BCUT2D eigenvalue weighted by molar-refractivity contribution is 5.20. The molecular weight excluding hydrogens is 314 g/mol. The van der Waals surface area contributed by atoms with Crippen LogP contribution in [0.1, 0.15) is 51.6 Å². The SMILES string of the molecule is CC(CC(C)(C)OC1(c2cccnc2)CCN(C)CC1)n1cncn1. The Labute approximate surface area is 150 Å². The molecule has 0 aromatic carbocycles. The van der Waals surface area contributed by atoms with Crippen LogP contribution >= 0.6 is 0 Å². The minimum absolute atomic E-state index is 0.231. The van der Waals surface area contributed by atoms with Gasteiger partial charge in [0.1, 0.15) is 12.7 Å². The number of piperidine rings is 1. The Balaban J connectivity index is 1.79. The number of pyridine rings is 1. The standard InChI is InChI=1S/C19H29N5O/c1-16(24-15-21-14-22-24)12-18(2,3)25-19(7-10-23(4)11-8-19)17-6-5-9-20-13-17/h5-6,9,13-16H,7-8,10-12H2,1-4H3. The summed E-state index contributed by atoms with van der Waals surface area (Å²) in [5.74, 6) is 0. The zero-order valence-electron chi connectivity index (χ0n) is 15.7. The summed E-state index contributed by atoms with van der Waals surface area (Å²) in [7, 11) is 2.17. The molecule has 6 nitrogen and oxygen atoms in total. The van der Waals surface area contributed by atoms with E-state index in [1.54, 1.807) is 12.7 Å². The number of ether oxygens (including phenoxy) is 1. The van der Waals surface area contributed by atoms with Crippen LogP contribution in [0.25, 0.3) is 0 Å². The van der Waals surface area contributed by atoms with Gasteiger partial charge >= 0.3 is 0 Å². The number of nitrogens with zero attached hydrogens (tertiary/aromatic N) is 5. The molecule has 0 saturated carbocycles. The molecule has 1 saturated heterocycles. The van der Waals surface area contributed by atoms with Gasteiger partial charge < -0.3 is 9.64 Å². The first-order valence-corrected chi connectivity index (χ1v) is 9.04. The van der Waals surface area contributed by atoms with E-state index in [9.17, 15) is 0 Å². The molecule has 1 aliphatic rings. The number of likely N-dealkylation sites (tertiary alicyclic amines) is 1. The molecule has 25 heavy (non-hydrogen) atoms. The van der Waals surface area contributed by atoms with Gasteiger partial charge in [-0.2, -0.15) is 5.10 Å². The first-order valence-electron chi connectivity index (χ1n) is 9.04. The van der Waals surface area contributed by atoms with E-state index in [1.807, 2.05) is 23.1 Å². The predicted octanol–water partition coefficient (Wildman–Crippen LogP) is 3.04. The maximum atomic E-state index is 6.84. The number of hydrogen-bond acceptors (Lipinski definition) is 5. The Morgan fingerprint density at radius 3 is 2.64 bits per heavy atom. The maximum absolute atomic E-state index is 6.84. The molecule has 1 unspecified atom stereocenters. The van der Waals surface area contributed by atoms with Gasteiger partial charge in [0.2, 0.25) is 0 Å². The lowest BCUT2D eigenvalue weighted by atomic mass is 9.83. The molecule has 1 fully saturated rings. The summed E-state index contributed by atoms with van der Waals surface area (Å²) >= 11 is 0. The van der Waals surface area contributed by atoms with Crippen molar-refractivity contribution in [1.82, 2.24) is 24.6 Å². The van der Waals surface area contributed by atoms with Gasteiger partial charge in [-0.05, 0) is 53.1 Å². The Bertz CT molecular complexity index is 648. The van der Waals surface area contributed by atoms with Crippen LogP contribution in [0.2, 0.25) is 0 Å². The molecule has 0 spiro atoms. The van der Waals surface area contributed by atoms with Crippen LogP contribution < -0.4 is 0 Å².